The van der Waals surface area contributed by atoms with Crippen LogP contribution in [0.4, 0.5) is 17.1 Å². The van der Waals surface area contributed by atoms with Crippen molar-refractivity contribution >= 4 is 51.8 Å². The SMILES string of the molecule is O=C1C=C(Nc2ccccc2)C(=Nc2ccc(O)c(Cl)c2)C=C1Nc1ccc(O)c(Cl)c1. The number of ketones is 1. The van der Waals surface area contributed by atoms with Gasteiger partial charge in [0.05, 0.1) is 32.8 Å². The summed E-state index contributed by atoms with van der Waals surface area (Å²) in [6.07, 6.45) is 3.05. The molecule has 0 saturated carbocycles. The Morgan fingerprint density at radius 1 is 0.719 bits per heavy atom. The minimum Gasteiger partial charge on any atom is -0.506 e. The average molecular weight is 466 g/mol. The molecule has 8 heteroatoms. The molecule has 0 radical (unpaired) electrons. The van der Waals surface area contributed by atoms with E-state index in [0.29, 0.717) is 22.8 Å². The molecule has 0 spiro atoms. The summed E-state index contributed by atoms with van der Waals surface area (Å²) in [5, 5.41) is 25.9. The van der Waals surface area contributed by atoms with E-state index in [4.69, 9.17) is 23.2 Å². The van der Waals surface area contributed by atoms with E-state index in [1.807, 2.05) is 30.3 Å². The zero-order chi connectivity index (χ0) is 22.7. The van der Waals surface area contributed by atoms with Gasteiger partial charge < -0.3 is 20.8 Å². The predicted molar refractivity (Wildman–Crippen MR) is 128 cm³/mol. The number of hydrogen-bond acceptors (Lipinski definition) is 6. The molecule has 3 aromatic carbocycles. The molecule has 0 aliphatic heterocycles. The Kier molecular flexibility index (Phi) is 6.16. The minimum atomic E-state index is -0.268. The van der Waals surface area contributed by atoms with Gasteiger partial charge in [-0.2, -0.15) is 0 Å². The molecular formula is C24H17Cl2N3O3. The van der Waals surface area contributed by atoms with Crippen LogP contribution >= 0.6 is 23.2 Å². The predicted octanol–water partition coefficient (Wildman–Crippen LogP) is 6.05. The van der Waals surface area contributed by atoms with Crippen LogP contribution in [0.5, 0.6) is 11.5 Å². The number of phenols is 2. The number of hydrogen-bond donors (Lipinski definition) is 4. The number of nitrogens with zero attached hydrogens (tertiary/aromatic N) is 1. The van der Waals surface area contributed by atoms with E-state index in [1.54, 1.807) is 18.2 Å². The summed E-state index contributed by atoms with van der Waals surface area (Å²) in [6, 6.07) is 18.5. The number of para-hydroxylation sites is 1. The molecular weight excluding hydrogens is 449 g/mol. The van der Waals surface area contributed by atoms with Crippen LogP contribution in [0, 0.1) is 0 Å². The number of aromatic hydroxyl groups is 2. The zero-order valence-corrected chi connectivity index (χ0v) is 18.0. The lowest BCUT2D eigenvalue weighted by molar-refractivity contribution is -0.111. The second kappa shape index (κ2) is 9.18. The Labute approximate surface area is 194 Å². The fraction of sp³-hybridized carbons (Fsp3) is 0. The maximum Gasteiger partial charge on any atom is 0.204 e. The van der Waals surface area contributed by atoms with Crippen molar-refractivity contribution in [2.75, 3.05) is 10.6 Å². The van der Waals surface area contributed by atoms with E-state index < -0.39 is 0 Å². The van der Waals surface area contributed by atoms with Crippen molar-refractivity contribution in [3.8, 4) is 11.5 Å². The lowest BCUT2D eigenvalue weighted by Crippen LogP contribution is -2.22. The molecule has 1 aliphatic carbocycles. The molecule has 0 fully saturated rings. The highest BCUT2D eigenvalue weighted by Crippen LogP contribution is 2.30. The molecule has 0 atom stereocenters. The number of phenolic OH excluding ortho intramolecular Hbond substituents is 2. The second-order valence-corrected chi connectivity index (χ2v) is 7.71. The standard InChI is InChI=1S/C24H17Cl2N3O3/c25-17-10-15(6-8-22(17)30)28-19-12-21(29-16-7-9-23(31)18(26)11-16)24(32)13-20(19)27-14-4-2-1-3-5-14/h1-13,27,29-31H. The first-order chi connectivity index (χ1) is 15.4. The lowest BCUT2D eigenvalue weighted by Gasteiger charge is -2.18. The maximum atomic E-state index is 12.8. The number of anilines is 2. The zero-order valence-electron chi connectivity index (χ0n) is 16.5. The molecule has 32 heavy (non-hydrogen) atoms. The molecule has 0 bridgehead atoms. The minimum absolute atomic E-state index is 0.0466. The van der Waals surface area contributed by atoms with Gasteiger partial charge in [0.25, 0.3) is 0 Å². The Hall–Kier alpha value is -3.74. The second-order valence-electron chi connectivity index (χ2n) is 6.90. The van der Waals surface area contributed by atoms with Gasteiger partial charge in [0.15, 0.2) is 0 Å². The highest BCUT2D eigenvalue weighted by molar-refractivity contribution is 6.32. The van der Waals surface area contributed by atoms with Gasteiger partial charge in [-0.25, -0.2) is 4.99 Å². The van der Waals surface area contributed by atoms with Crippen LogP contribution in [-0.2, 0) is 4.79 Å². The first-order valence-electron chi connectivity index (χ1n) is 9.52. The smallest absolute Gasteiger partial charge is 0.204 e. The third-order valence-corrected chi connectivity index (χ3v) is 5.16. The average Bonchev–Trinajstić information content (AvgIpc) is 2.77. The molecule has 1 aliphatic rings. The summed E-state index contributed by atoms with van der Waals surface area (Å²) < 4.78 is 0. The highest BCUT2D eigenvalue weighted by atomic mass is 35.5. The van der Waals surface area contributed by atoms with Crippen LogP contribution < -0.4 is 10.6 Å². The summed E-state index contributed by atoms with van der Waals surface area (Å²) in [6.45, 7) is 0. The van der Waals surface area contributed by atoms with E-state index in [9.17, 15) is 15.0 Å². The van der Waals surface area contributed by atoms with Crippen molar-refractivity contribution in [2.45, 2.75) is 0 Å². The number of allylic oxidation sites excluding steroid dienone is 2. The molecule has 0 unspecified atom stereocenters. The van der Waals surface area contributed by atoms with Gasteiger partial charge in [-0.15, -0.1) is 0 Å². The van der Waals surface area contributed by atoms with Gasteiger partial charge in [-0.05, 0) is 54.6 Å². The first kappa shape index (κ1) is 21.5. The number of nitrogens with one attached hydrogen (secondary N) is 2. The summed E-state index contributed by atoms with van der Waals surface area (Å²) in [5.41, 5.74) is 3.07. The van der Waals surface area contributed by atoms with Crippen LogP contribution in [0.2, 0.25) is 10.0 Å². The third kappa shape index (κ3) is 4.94. The van der Waals surface area contributed by atoms with Gasteiger partial charge >= 0.3 is 0 Å². The van der Waals surface area contributed by atoms with E-state index in [-0.39, 0.29) is 33.0 Å². The van der Waals surface area contributed by atoms with Gasteiger partial charge in [0.2, 0.25) is 5.78 Å². The normalized spacial score (nSPS) is 14.7. The van der Waals surface area contributed by atoms with E-state index in [1.165, 1.54) is 30.3 Å². The van der Waals surface area contributed by atoms with Crippen molar-refractivity contribution in [3.05, 3.63) is 100 Å². The monoisotopic (exact) mass is 465 g/mol. The van der Waals surface area contributed by atoms with Crippen molar-refractivity contribution in [2.24, 2.45) is 4.99 Å². The number of rotatable bonds is 5. The fourth-order valence-electron chi connectivity index (χ4n) is 2.98. The Balaban J connectivity index is 1.71. The van der Waals surface area contributed by atoms with E-state index in [0.717, 1.165) is 5.69 Å². The van der Waals surface area contributed by atoms with Crippen molar-refractivity contribution < 1.29 is 15.0 Å². The molecule has 4 rings (SSSR count). The van der Waals surface area contributed by atoms with Crippen LogP contribution in [0.3, 0.4) is 0 Å². The van der Waals surface area contributed by atoms with Crippen LogP contribution in [0.1, 0.15) is 0 Å². The maximum absolute atomic E-state index is 12.8. The topological polar surface area (TPSA) is 94.0 Å². The van der Waals surface area contributed by atoms with Crippen LogP contribution in [-0.4, -0.2) is 21.7 Å². The number of carbonyl (C=O) groups is 1. The van der Waals surface area contributed by atoms with Crippen molar-refractivity contribution in [1.82, 2.24) is 0 Å². The van der Waals surface area contributed by atoms with E-state index >= 15 is 0 Å². The first-order valence-corrected chi connectivity index (χ1v) is 10.3. The molecule has 0 aromatic heterocycles. The molecule has 0 heterocycles. The van der Waals surface area contributed by atoms with Gasteiger partial charge in [-0.1, -0.05) is 41.4 Å². The van der Waals surface area contributed by atoms with Crippen molar-refractivity contribution in [3.63, 3.8) is 0 Å². The fourth-order valence-corrected chi connectivity index (χ4v) is 3.34. The quantitative estimate of drug-likeness (QED) is 0.271. The largest absolute Gasteiger partial charge is 0.506 e. The Morgan fingerprint density at radius 3 is 2.06 bits per heavy atom. The molecule has 4 N–H and O–H groups in total. The summed E-state index contributed by atoms with van der Waals surface area (Å²) >= 11 is 12.0. The van der Waals surface area contributed by atoms with Crippen LogP contribution in [0.15, 0.2) is 95.3 Å². The van der Waals surface area contributed by atoms with Crippen molar-refractivity contribution in [1.29, 1.82) is 0 Å². The number of carbonyl (C=O) groups excluding carboxylic acids is 1. The number of halogens is 2. The van der Waals surface area contributed by atoms with E-state index in [2.05, 4.69) is 15.6 Å². The summed E-state index contributed by atoms with van der Waals surface area (Å²) in [7, 11) is 0. The Bertz CT molecular complexity index is 1280. The van der Waals surface area contributed by atoms with Gasteiger partial charge in [0, 0.05) is 17.5 Å². The molecule has 3 aromatic rings. The molecule has 0 amide bonds. The van der Waals surface area contributed by atoms with Gasteiger partial charge in [-0.3, -0.25) is 4.79 Å². The van der Waals surface area contributed by atoms with Gasteiger partial charge in [0.1, 0.15) is 11.5 Å². The molecule has 160 valence electrons. The number of aliphatic imine (C=N–C) groups is 1. The summed E-state index contributed by atoms with van der Waals surface area (Å²) in [5.74, 6) is -0.369. The molecule has 0 saturated heterocycles. The summed E-state index contributed by atoms with van der Waals surface area (Å²) in [4.78, 5) is 17.4. The highest BCUT2D eigenvalue weighted by Gasteiger charge is 2.20. The lowest BCUT2D eigenvalue weighted by atomic mass is 10.0. The molecule has 6 nitrogen and oxygen atoms in total. The Morgan fingerprint density at radius 2 is 1.38 bits per heavy atom. The van der Waals surface area contributed by atoms with Crippen LogP contribution in [0.25, 0.3) is 0 Å². The third-order valence-electron chi connectivity index (χ3n) is 4.56. The number of benzene rings is 3.